The van der Waals surface area contributed by atoms with Crippen LogP contribution in [0.2, 0.25) is 0 Å². The summed E-state index contributed by atoms with van der Waals surface area (Å²) in [5.74, 6) is -0.217. The molecule has 2 aromatic rings. The molecule has 0 amide bonds. The summed E-state index contributed by atoms with van der Waals surface area (Å²) in [6.45, 7) is 3.10. The van der Waals surface area contributed by atoms with Crippen molar-refractivity contribution in [3.8, 4) is 0 Å². The summed E-state index contributed by atoms with van der Waals surface area (Å²) in [6, 6.07) is 15.5. The molecule has 0 aromatic heterocycles. The quantitative estimate of drug-likeness (QED) is 0.819. The van der Waals surface area contributed by atoms with E-state index >= 15 is 0 Å². The van der Waals surface area contributed by atoms with E-state index in [1.807, 2.05) is 24.3 Å². The molecule has 0 unspecified atom stereocenters. The summed E-state index contributed by atoms with van der Waals surface area (Å²) in [5, 5.41) is 0. The molecule has 0 spiro atoms. The molecule has 0 atom stereocenters. The number of nitrogens with zero attached hydrogens (tertiary/aromatic N) is 1. The predicted octanol–water partition coefficient (Wildman–Crippen LogP) is 3.94. The molecular formula is C17H20BrFN2. The number of nitrogens with two attached hydrogens (primary N) is 1. The van der Waals surface area contributed by atoms with Crippen molar-refractivity contribution in [1.29, 1.82) is 0 Å². The Hall–Kier alpha value is -1.23. The molecule has 0 radical (unpaired) electrons. The highest BCUT2D eigenvalue weighted by atomic mass is 79.9. The lowest BCUT2D eigenvalue weighted by molar-refractivity contribution is 0.254. The minimum absolute atomic E-state index is 0.217. The molecule has 0 heterocycles. The smallest absolute Gasteiger partial charge is 0.137 e. The van der Waals surface area contributed by atoms with Crippen molar-refractivity contribution in [3.05, 3.63) is 69.9 Å². The fraction of sp³-hybridized carbons (Fsp3) is 0.294. The van der Waals surface area contributed by atoms with Crippen LogP contribution in [0.5, 0.6) is 0 Å². The first-order valence-electron chi connectivity index (χ1n) is 7.10. The van der Waals surface area contributed by atoms with Gasteiger partial charge in [0.05, 0.1) is 4.47 Å². The predicted molar refractivity (Wildman–Crippen MR) is 88.3 cm³/mol. The van der Waals surface area contributed by atoms with Crippen LogP contribution < -0.4 is 5.73 Å². The average Bonchev–Trinajstić information content (AvgIpc) is 2.50. The fourth-order valence-electron chi connectivity index (χ4n) is 2.28. The van der Waals surface area contributed by atoms with Gasteiger partial charge in [-0.25, -0.2) is 4.39 Å². The van der Waals surface area contributed by atoms with Crippen molar-refractivity contribution >= 4 is 15.9 Å². The zero-order chi connectivity index (χ0) is 15.1. The Morgan fingerprint density at radius 2 is 1.76 bits per heavy atom. The lowest BCUT2D eigenvalue weighted by Crippen LogP contribution is -2.26. The van der Waals surface area contributed by atoms with Crippen molar-refractivity contribution in [2.45, 2.75) is 19.5 Å². The third kappa shape index (κ3) is 4.92. The number of hydrogen-bond donors (Lipinski definition) is 1. The Kier molecular flexibility index (Phi) is 6.36. The Bertz CT molecular complexity index is 560. The number of rotatable bonds is 7. The molecule has 0 saturated heterocycles. The molecular weight excluding hydrogens is 331 g/mol. The van der Waals surface area contributed by atoms with Gasteiger partial charge in [0, 0.05) is 19.6 Å². The highest BCUT2D eigenvalue weighted by molar-refractivity contribution is 9.10. The summed E-state index contributed by atoms with van der Waals surface area (Å²) < 4.78 is 14.2. The number of hydrogen-bond acceptors (Lipinski definition) is 2. The van der Waals surface area contributed by atoms with Gasteiger partial charge in [-0.2, -0.15) is 0 Å². The van der Waals surface area contributed by atoms with Gasteiger partial charge in [0.15, 0.2) is 0 Å². The van der Waals surface area contributed by atoms with Crippen molar-refractivity contribution < 1.29 is 4.39 Å². The summed E-state index contributed by atoms with van der Waals surface area (Å²) in [7, 11) is 0. The second-order valence-electron chi connectivity index (χ2n) is 5.05. The third-order valence-corrected chi connectivity index (χ3v) is 4.24. The Morgan fingerprint density at radius 3 is 2.48 bits per heavy atom. The molecule has 2 N–H and O–H groups in total. The van der Waals surface area contributed by atoms with Crippen molar-refractivity contribution in [2.24, 2.45) is 5.73 Å². The zero-order valence-corrected chi connectivity index (χ0v) is 13.5. The van der Waals surface area contributed by atoms with Gasteiger partial charge in [0.1, 0.15) is 5.82 Å². The van der Waals surface area contributed by atoms with Crippen LogP contribution in [-0.4, -0.2) is 18.0 Å². The van der Waals surface area contributed by atoms with Crippen LogP contribution in [0.4, 0.5) is 4.39 Å². The monoisotopic (exact) mass is 350 g/mol. The zero-order valence-electron chi connectivity index (χ0n) is 11.9. The van der Waals surface area contributed by atoms with Gasteiger partial charge in [-0.3, -0.25) is 4.90 Å². The molecule has 2 nitrogen and oxygen atoms in total. The van der Waals surface area contributed by atoms with E-state index < -0.39 is 0 Å². The molecule has 0 saturated carbocycles. The van der Waals surface area contributed by atoms with Crippen LogP contribution in [0.1, 0.15) is 17.5 Å². The van der Waals surface area contributed by atoms with Crippen LogP contribution >= 0.6 is 15.9 Å². The van der Waals surface area contributed by atoms with Crippen LogP contribution in [0.25, 0.3) is 0 Å². The molecule has 0 aliphatic rings. The third-order valence-electron chi connectivity index (χ3n) is 3.35. The minimum Gasteiger partial charge on any atom is -0.330 e. The lowest BCUT2D eigenvalue weighted by Gasteiger charge is -2.23. The summed E-state index contributed by atoms with van der Waals surface area (Å²) in [4.78, 5) is 2.29. The maximum absolute atomic E-state index is 13.6. The topological polar surface area (TPSA) is 29.3 Å². The Balaban J connectivity index is 2.10. The van der Waals surface area contributed by atoms with Crippen LogP contribution in [0, 0.1) is 5.82 Å². The maximum atomic E-state index is 13.6. The normalized spacial score (nSPS) is 11.0. The van der Waals surface area contributed by atoms with E-state index in [1.54, 1.807) is 6.07 Å². The van der Waals surface area contributed by atoms with E-state index in [-0.39, 0.29) is 5.82 Å². The first-order valence-corrected chi connectivity index (χ1v) is 7.89. The van der Waals surface area contributed by atoms with Gasteiger partial charge < -0.3 is 5.73 Å². The largest absolute Gasteiger partial charge is 0.330 e. The van der Waals surface area contributed by atoms with Crippen LogP contribution in [-0.2, 0) is 13.1 Å². The lowest BCUT2D eigenvalue weighted by atomic mass is 10.1. The maximum Gasteiger partial charge on any atom is 0.137 e. The highest BCUT2D eigenvalue weighted by Gasteiger charge is 2.11. The molecule has 2 aromatic carbocycles. The van der Waals surface area contributed by atoms with Crippen molar-refractivity contribution in [3.63, 3.8) is 0 Å². The fourth-order valence-corrected chi connectivity index (χ4v) is 2.67. The van der Waals surface area contributed by atoms with E-state index in [2.05, 4.69) is 33.0 Å². The first-order chi connectivity index (χ1) is 10.2. The van der Waals surface area contributed by atoms with Gasteiger partial charge in [0.25, 0.3) is 0 Å². The van der Waals surface area contributed by atoms with Gasteiger partial charge in [-0.15, -0.1) is 0 Å². The van der Waals surface area contributed by atoms with E-state index in [0.29, 0.717) is 17.6 Å². The molecule has 2 rings (SSSR count). The SMILES string of the molecule is NCCCN(Cc1ccccc1)Cc1cccc(F)c1Br. The molecule has 21 heavy (non-hydrogen) atoms. The van der Waals surface area contributed by atoms with Gasteiger partial charge in [-0.05, 0) is 46.1 Å². The molecule has 0 aliphatic heterocycles. The number of halogens is 2. The Morgan fingerprint density at radius 1 is 1.00 bits per heavy atom. The minimum atomic E-state index is -0.217. The number of benzene rings is 2. The second-order valence-corrected chi connectivity index (χ2v) is 5.84. The summed E-state index contributed by atoms with van der Waals surface area (Å²) in [5.41, 5.74) is 7.83. The first kappa shape index (κ1) is 16.1. The molecule has 0 fully saturated rings. The highest BCUT2D eigenvalue weighted by Crippen LogP contribution is 2.22. The molecule has 0 aliphatic carbocycles. The summed E-state index contributed by atoms with van der Waals surface area (Å²) in [6.07, 6.45) is 0.930. The van der Waals surface area contributed by atoms with Gasteiger partial charge in [-0.1, -0.05) is 42.5 Å². The van der Waals surface area contributed by atoms with E-state index in [9.17, 15) is 4.39 Å². The Labute approximate surface area is 133 Å². The summed E-state index contributed by atoms with van der Waals surface area (Å²) >= 11 is 3.34. The van der Waals surface area contributed by atoms with Crippen LogP contribution in [0.15, 0.2) is 53.0 Å². The van der Waals surface area contributed by atoms with Gasteiger partial charge in [0.2, 0.25) is 0 Å². The van der Waals surface area contributed by atoms with Crippen molar-refractivity contribution in [2.75, 3.05) is 13.1 Å². The van der Waals surface area contributed by atoms with Crippen molar-refractivity contribution in [1.82, 2.24) is 4.90 Å². The van der Waals surface area contributed by atoms with E-state index in [0.717, 1.165) is 25.1 Å². The van der Waals surface area contributed by atoms with E-state index in [1.165, 1.54) is 11.6 Å². The van der Waals surface area contributed by atoms with Gasteiger partial charge >= 0.3 is 0 Å². The molecule has 4 heteroatoms. The molecule has 0 bridgehead atoms. The second kappa shape index (κ2) is 8.27. The average molecular weight is 351 g/mol. The van der Waals surface area contributed by atoms with Crippen LogP contribution in [0.3, 0.4) is 0 Å². The molecule has 112 valence electrons. The standard InChI is InChI=1S/C17H20BrFN2/c18-17-15(8-4-9-16(17)19)13-21(11-5-10-20)12-14-6-2-1-3-7-14/h1-4,6-9H,5,10-13,20H2. The van der Waals surface area contributed by atoms with E-state index in [4.69, 9.17) is 5.73 Å².